The van der Waals surface area contributed by atoms with Crippen molar-refractivity contribution in [2.24, 2.45) is 17.3 Å². The number of ketones is 1. The quantitative estimate of drug-likeness (QED) is 0.609. The number of carbonyl (C=O) groups excluding carboxylic acids is 2. The molecule has 0 amide bonds. The molecule has 2 rings (SSSR count). The molecule has 24 heavy (non-hydrogen) atoms. The molecular weight excluding hydrogens is 300 g/mol. The van der Waals surface area contributed by atoms with Crippen molar-refractivity contribution in [3.63, 3.8) is 0 Å². The molecule has 0 bridgehead atoms. The molecule has 1 aliphatic rings. The Morgan fingerprint density at radius 2 is 1.71 bits per heavy atom. The molecule has 0 aromatic heterocycles. The smallest absolute Gasteiger partial charge is 0.319 e. The van der Waals surface area contributed by atoms with E-state index in [1.165, 1.54) is 12.7 Å². The summed E-state index contributed by atoms with van der Waals surface area (Å²) in [5, 5.41) is 0. The van der Waals surface area contributed by atoms with E-state index in [0.717, 1.165) is 23.1 Å². The molecule has 3 unspecified atom stereocenters. The van der Waals surface area contributed by atoms with E-state index in [2.05, 4.69) is 32.9 Å². The Morgan fingerprint density at radius 1 is 1.12 bits per heavy atom. The molecule has 0 radical (unpaired) electrons. The summed E-state index contributed by atoms with van der Waals surface area (Å²) >= 11 is 0. The summed E-state index contributed by atoms with van der Waals surface area (Å²) < 4.78 is 5.06. The molecule has 1 aliphatic carbocycles. The highest BCUT2D eigenvalue weighted by molar-refractivity contribution is 6.04. The van der Waals surface area contributed by atoms with Crippen LogP contribution in [0.25, 0.3) is 0 Å². The van der Waals surface area contributed by atoms with E-state index < -0.39 is 5.41 Å². The molecule has 0 N–H and O–H groups in total. The molecule has 3 atom stereocenters. The first-order valence-electron chi connectivity index (χ1n) is 8.89. The van der Waals surface area contributed by atoms with Gasteiger partial charge >= 0.3 is 5.97 Å². The minimum atomic E-state index is -0.968. The lowest BCUT2D eigenvalue weighted by Gasteiger charge is -2.39. The highest BCUT2D eigenvalue weighted by Gasteiger charge is 2.50. The van der Waals surface area contributed by atoms with Crippen molar-refractivity contribution in [2.45, 2.75) is 60.3 Å². The van der Waals surface area contributed by atoms with Crippen LogP contribution in [0.3, 0.4) is 0 Å². The number of aryl methyl sites for hydroxylation is 3. The Bertz CT molecular complexity index is 623. The van der Waals surface area contributed by atoms with Crippen LogP contribution < -0.4 is 0 Å². The first-order valence-corrected chi connectivity index (χ1v) is 8.89. The van der Waals surface area contributed by atoms with E-state index in [9.17, 15) is 9.59 Å². The number of esters is 1. The summed E-state index contributed by atoms with van der Waals surface area (Å²) in [5.74, 6) is 0.553. The van der Waals surface area contributed by atoms with E-state index in [4.69, 9.17) is 4.74 Å². The largest absolute Gasteiger partial charge is 0.468 e. The molecule has 1 aromatic carbocycles. The van der Waals surface area contributed by atoms with Gasteiger partial charge in [-0.05, 0) is 68.6 Å². The molecule has 0 saturated heterocycles. The van der Waals surface area contributed by atoms with Crippen LogP contribution in [-0.2, 0) is 20.7 Å². The molecule has 0 heterocycles. The number of hydrogen-bond donors (Lipinski definition) is 0. The van der Waals surface area contributed by atoms with E-state index in [-0.39, 0.29) is 11.8 Å². The van der Waals surface area contributed by atoms with Gasteiger partial charge in [-0.3, -0.25) is 9.59 Å². The molecule has 3 heteroatoms. The average molecular weight is 330 g/mol. The summed E-state index contributed by atoms with van der Waals surface area (Å²) in [4.78, 5) is 25.8. The van der Waals surface area contributed by atoms with Crippen LogP contribution in [0.15, 0.2) is 12.1 Å². The molecule has 132 valence electrons. The third-order valence-electron chi connectivity index (χ3n) is 5.96. The number of methoxy groups -OCH3 is 1. The molecule has 1 fully saturated rings. The van der Waals surface area contributed by atoms with E-state index in [1.807, 2.05) is 13.8 Å². The summed E-state index contributed by atoms with van der Waals surface area (Å²) in [6.07, 6.45) is 2.42. The van der Waals surface area contributed by atoms with Gasteiger partial charge in [-0.1, -0.05) is 31.5 Å². The lowest BCUT2D eigenvalue weighted by molar-refractivity contribution is -0.162. The van der Waals surface area contributed by atoms with Gasteiger partial charge in [0.05, 0.1) is 7.11 Å². The standard InChI is InChI=1S/C21H30O3/c1-13-9-15(3)18(16(4)10-13)11-19(22)21(20(23)24-6)8-7-14(2)17(5)12-21/h9-10,14,17H,7-8,11-12H2,1-6H3. The SMILES string of the molecule is COC(=O)C1(C(=O)Cc2c(C)cc(C)cc2C)CCC(C)C(C)C1. The van der Waals surface area contributed by atoms with Gasteiger partial charge in [-0.2, -0.15) is 0 Å². The maximum Gasteiger partial charge on any atom is 0.319 e. The van der Waals surface area contributed by atoms with Crippen molar-refractivity contribution >= 4 is 11.8 Å². The van der Waals surface area contributed by atoms with Crippen LogP contribution in [-0.4, -0.2) is 18.9 Å². The second-order valence-electron chi connectivity index (χ2n) is 7.75. The fraction of sp³-hybridized carbons (Fsp3) is 0.619. The first kappa shape index (κ1) is 18.7. The van der Waals surface area contributed by atoms with Crippen molar-refractivity contribution in [3.8, 4) is 0 Å². The van der Waals surface area contributed by atoms with Gasteiger partial charge < -0.3 is 4.74 Å². The first-order chi connectivity index (χ1) is 11.2. The third-order valence-corrected chi connectivity index (χ3v) is 5.96. The predicted octanol–water partition coefficient (Wildman–Crippen LogP) is 4.34. The maximum absolute atomic E-state index is 13.2. The summed E-state index contributed by atoms with van der Waals surface area (Å²) in [7, 11) is 1.39. The number of ether oxygens (including phenoxy) is 1. The van der Waals surface area contributed by atoms with E-state index in [0.29, 0.717) is 31.1 Å². The molecule has 0 spiro atoms. The molecule has 1 saturated carbocycles. The maximum atomic E-state index is 13.2. The highest BCUT2D eigenvalue weighted by Crippen LogP contribution is 2.44. The lowest BCUT2D eigenvalue weighted by Crippen LogP contribution is -2.46. The highest BCUT2D eigenvalue weighted by atomic mass is 16.5. The van der Waals surface area contributed by atoms with Crippen LogP contribution in [0.1, 0.15) is 55.4 Å². The zero-order chi connectivity index (χ0) is 18.1. The van der Waals surface area contributed by atoms with Crippen molar-refractivity contribution < 1.29 is 14.3 Å². The minimum Gasteiger partial charge on any atom is -0.468 e. The topological polar surface area (TPSA) is 43.4 Å². The van der Waals surface area contributed by atoms with Gasteiger partial charge in [0.1, 0.15) is 5.41 Å². The van der Waals surface area contributed by atoms with Crippen molar-refractivity contribution in [1.82, 2.24) is 0 Å². The molecule has 1 aromatic rings. The Morgan fingerprint density at radius 3 is 2.21 bits per heavy atom. The van der Waals surface area contributed by atoms with Crippen LogP contribution in [0, 0.1) is 38.0 Å². The number of rotatable bonds is 4. The molecule has 0 aliphatic heterocycles. The van der Waals surface area contributed by atoms with Gasteiger partial charge in [-0.15, -0.1) is 0 Å². The number of carbonyl (C=O) groups is 2. The zero-order valence-electron chi connectivity index (χ0n) is 15.9. The predicted molar refractivity (Wildman–Crippen MR) is 96.0 cm³/mol. The van der Waals surface area contributed by atoms with Crippen LogP contribution in [0.2, 0.25) is 0 Å². The Labute approximate surface area is 145 Å². The Hall–Kier alpha value is -1.64. The minimum absolute atomic E-state index is 0.0168. The fourth-order valence-electron chi connectivity index (χ4n) is 4.18. The second kappa shape index (κ2) is 7.08. The van der Waals surface area contributed by atoms with Gasteiger partial charge in [0, 0.05) is 6.42 Å². The van der Waals surface area contributed by atoms with E-state index >= 15 is 0 Å². The van der Waals surface area contributed by atoms with Gasteiger partial charge in [0.2, 0.25) is 0 Å². The molecule has 3 nitrogen and oxygen atoms in total. The zero-order valence-corrected chi connectivity index (χ0v) is 15.9. The lowest BCUT2D eigenvalue weighted by atomic mass is 9.63. The van der Waals surface area contributed by atoms with Crippen LogP contribution in [0.5, 0.6) is 0 Å². The van der Waals surface area contributed by atoms with Crippen molar-refractivity contribution in [1.29, 1.82) is 0 Å². The monoisotopic (exact) mass is 330 g/mol. The number of hydrogen-bond acceptors (Lipinski definition) is 3. The normalized spacial score (nSPS) is 26.9. The van der Waals surface area contributed by atoms with Crippen LogP contribution in [0.4, 0.5) is 0 Å². The Balaban J connectivity index is 2.35. The second-order valence-corrected chi connectivity index (χ2v) is 7.75. The number of Topliss-reactive ketones (excluding diaryl/α,β-unsaturated/α-hetero) is 1. The fourth-order valence-corrected chi connectivity index (χ4v) is 4.18. The average Bonchev–Trinajstić information content (AvgIpc) is 2.52. The summed E-state index contributed by atoms with van der Waals surface area (Å²) in [5.41, 5.74) is 3.53. The van der Waals surface area contributed by atoms with Gasteiger partial charge in [0.15, 0.2) is 5.78 Å². The van der Waals surface area contributed by atoms with Crippen molar-refractivity contribution in [3.05, 3.63) is 34.4 Å². The summed E-state index contributed by atoms with van der Waals surface area (Å²) in [6.45, 7) is 10.5. The van der Waals surface area contributed by atoms with E-state index in [1.54, 1.807) is 0 Å². The van der Waals surface area contributed by atoms with Crippen molar-refractivity contribution in [2.75, 3.05) is 7.11 Å². The third kappa shape index (κ3) is 3.40. The van der Waals surface area contributed by atoms with Gasteiger partial charge in [0.25, 0.3) is 0 Å². The number of benzene rings is 1. The molecular formula is C21H30O3. The van der Waals surface area contributed by atoms with Crippen LogP contribution >= 0.6 is 0 Å². The summed E-state index contributed by atoms with van der Waals surface area (Å²) in [6, 6.07) is 4.21. The van der Waals surface area contributed by atoms with Gasteiger partial charge in [-0.25, -0.2) is 0 Å². The Kier molecular flexibility index (Phi) is 5.52.